The molecule has 0 saturated carbocycles. The van der Waals surface area contributed by atoms with E-state index in [1.54, 1.807) is 0 Å². The molecule has 2 nitrogen and oxygen atoms in total. The van der Waals surface area contributed by atoms with E-state index < -0.39 is 11.7 Å². The van der Waals surface area contributed by atoms with Crippen molar-refractivity contribution in [3.8, 4) is 0 Å². The van der Waals surface area contributed by atoms with E-state index in [-0.39, 0.29) is 0 Å². The molecular weight excluding hydrogens is 249 g/mol. The minimum Gasteiger partial charge on any atom is -0.166 e. The molecule has 0 aliphatic rings. The Hall–Kier alpha value is -1.43. The van der Waals surface area contributed by atoms with Crippen molar-refractivity contribution in [3.05, 3.63) is 45.4 Å². The first-order chi connectivity index (χ1) is 7.95. The van der Waals surface area contributed by atoms with E-state index in [0.717, 1.165) is 27.7 Å². The van der Waals surface area contributed by atoms with Crippen LogP contribution in [0.5, 0.6) is 0 Å². The van der Waals surface area contributed by atoms with Gasteiger partial charge in [0, 0.05) is 6.42 Å². The van der Waals surface area contributed by atoms with Crippen molar-refractivity contribution in [2.75, 3.05) is 0 Å². The lowest BCUT2D eigenvalue weighted by Gasteiger charge is -2.06. The standard InChI is InChI=1S/C11H9F3N2S/c1-7-15-16-10(17-7)6-8-2-4-9(5-3-8)11(12,13)14/h2-5H,6H2,1H3. The lowest BCUT2D eigenvalue weighted by Crippen LogP contribution is -2.04. The summed E-state index contributed by atoms with van der Waals surface area (Å²) in [5, 5.41) is 9.45. The molecule has 90 valence electrons. The molecule has 0 unspecified atom stereocenters. The number of hydrogen-bond acceptors (Lipinski definition) is 3. The second-order valence-corrected chi connectivity index (χ2v) is 4.85. The first-order valence-corrected chi connectivity index (χ1v) is 5.72. The molecule has 1 aromatic carbocycles. The van der Waals surface area contributed by atoms with Gasteiger partial charge in [0.15, 0.2) is 0 Å². The Morgan fingerprint density at radius 1 is 1.12 bits per heavy atom. The summed E-state index contributed by atoms with van der Waals surface area (Å²) in [5.41, 5.74) is 0.170. The zero-order valence-corrected chi connectivity index (χ0v) is 9.77. The van der Waals surface area contributed by atoms with Gasteiger partial charge in [-0.25, -0.2) is 0 Å². The van der Waals surface area contributed by atoms with Gasteiger partial charge in [-0.15, -0.1) is 21.5 Å². The first-order valence-electron chi connectivity index (χ1n) is 4.90. The highest BCUT2D eigenvalue weighted by Gasteiger charge is 2.29. The van der Waals surface area contributed by atoms with Gasteiger partial charge in [-0.1, -0.05) is 12.1 Å². The monoisotopic (exact) mass is 258 g/mol. The van der Waals surface area contributed by atoms with Crippen LogP contribution >= 0.6 is 11.3 Å². The molecule has 2 aromatic rings. The molecule has 6 heteroatoms. The van der Waals surface area contributed by atoms with Gasteiger partial charge in [0.2, 0.25) is 0 Å². The van der Waals surface area contributed by atoms with Crippen LogP contribution in [-0.4, -0.2) is 10.2 Å². The van der Waals surface area contributed by atoms with E-state index in [1.807, 2.05) is 6.92 Å². The van der Waals surface area contributed by atoms with Gasteiger partial charge >= 0.3 is 6.18 Å². The molecule has 0 bridgehead atoms. The van der Waals surface area contributed by atoms with Crippen LogP contribution in [0.4, 0.5) is 13.2 Å². The minimum atomic E-state index is -4.28. The molecule has 0 aliphatic carbocycles. The van der Waals surface area contributed by atoms with Crippen molar-refractivity contribution in [1.82, 2.24) is 10.2 Å². The Morgan fingerprint density at radius 3 is 2.24 bits per heavy atom. The highest BCUT2D eigenvalue weighted by molar-refractivity contribution is 7.11. The molecule has 2 rings (SSSR count). The van der Waals surface area contributed by atoms with Crippen molar-refractivity contribution < 1.29 is 13.2 Å². The number of hydrogen-bond donors (Lipinski definition) is 0. The van der Waals surface area contributed by atoms with Crippen LogP contribution in [-0.2, 0) is 12.6 Å². The third kappa shape index (κ3) is 3.03. The maximum absolute atomic E-state index is 12.3. The zero-order chi connectivity index (χ0) is 12.5. The number of aryl methyl sites for hydroxylation is 1. The Labute approximate surface area is 100 Å². The summed E-state index contributed by atoms with van der Waals surface area (Å²) in [6.07, 6.45) is -3.76. The number of aromatic nitrogens is 2. The van der Waals surface area contributed by atoms with Gasteiger partial charge in [-0.2, -0.15) is 13.2 Å². The highest BCUT2D eigenvalue weighted by atomic mass is 32.1. The topological polar surface area (TPSA) is 25.8 Å². The first kappa shape index (κ1) is 12.0. The Kier molecular flexibility index (Phi) is 3.15. The van der Waals surface area contributed by atoms with Crippen LogP contribution in [0, 0.1) is 6.92 Å². The molecule has 1 heterocycles. The van der Waals surface area contributed by atoms with Gasteiger partial charge in [-0.05, 0) is 24.6 Å². The molecular formula is C11H9F3N2S. The summed E-state index contributed by atoms with van der Waals surface area (Å²) in [7, 11) is 0. The molecule has 0 spiro atoms. The summed E-state index contributed by atoms with van der Waals surface area (Å²) in [6, 6.07) is 5.12. The van der Waals surface area contributed by atoms with Gasteiger partial charge < -0.3 is 0 Å². The van der Waals surface area contributed by atoms with E-state index in [4.69, 9.17) is 0 Å². The van der Waals surface area contributed by atoms with E-state index in [1.165, 1.54) is 23.5 Å². The largest absolute Gasteiger partial charge is 0.416 e. The summed E-state index contributed by atoms with van der Waals surface area (Å²) < 4.78 is 37.0. The Balaban J connectivity index is 2.13. The van der Waals surface area contributed by atoms with Gasteiger partial charge in [0.25, 0.3) is 0 Å². The van der Waals surface area contributed by atoms with Crippen molar-refractivity contribution in [2.45, 2.75) is 19.5 Å². The SMILES string of the molecule is Cc1nnc(Cc2ccc(C(F)(F)F)cc2)s1. The third-order valence-corrected chi connectivity index (χ3v) is 3.04. The highest BCUT2D eigenvalue weighted by Crippen LogP contribution is 2.29. The normalized spacial score (nSPS) is 11.8. The minimum absolute atomic E-state index is 0.518. The summed E-state index contributed by atoms with van der Waals surface area (Å²) in [4.78, 5) is 0. The number of halogens is 3. The maximum Gasteiger partial charge on any atom is 0.416 e. The predicted octanol–water partition coefficient (Wildman–Crippen LogP) is 3.46. The zero-order valence-electron chi connectivity index (χ0n) is 8.95. The average molecular weight is 258 g/mol. The molecule has 1 aromatic heterocycles. The number of alkyl halides is 3. The van der Waals surface area contributed by atoms with Crippen LogP contribution in [0.15, 0.2) is 24.3 Å². The van der Waals surface area contributed by atoms with E-state index >= 15 is 0 Å². The van der Waals surface area contributed by atoms with Crippen molar-refractivity contribution >= 4 is 11.3 Å². The van der Waals surface area contributed by atoms with E-state index in [2.05, 4.69) is 10.2 Å². The van der Waals surface area contributed by atoms with Crippen LogP contribution in [0.25, 0.3) is 0 Å². The summed E-state index contributed by atoms with van der Waals surface area (Å²) in [6.45, 7) is 1.84. The van der Waals surface area contributed by atoms with Gasteiger partial charge in [0.05, 0.1) is 5.56 Å². The number of benzene rings is 1. The second-order valence-electron chi connectivity index (χ2n) is 3.59. The van der Waals surface area contributed by atoms with Crippen LogP contribution in [0.3, 0.4) is 0 Å². The smallest absolute Gasteiger partial charge is 0.166 e. The van der Waals surface area contributed by atoms with Gasteiger partial charge in [0.1, 0.15) is 10.0 Å². The lowest BCUT2D eigenvalue weighted by molar-refractivity contribution is -0.137. The molecule has 0 N–H and O–H groups in total. The van der Waals surface area contributed by atoms with Crippen molar-refractivity contribution in [3.63, 3.8) is 0 Å². The second kappa shape index (κ2) is 4.44. The molecule has 17 heavy (non-hydrogen) atoms. The van der Waals surface area contributed by atoms with Crippen LogP contribution in [0.1, 0.15) is 21.1 Å². The summed E-state index contributed by atoms with van der Waals surface area (Å²) >= 11 is 1.45. The van der Waals surface area contributed by atoms with Crippen molar-refractivity contribution in [2.24, 2.45) is 0 Å². The molecule has 0 amide bonds. The Morgan fingerprint density at radius 2 is 1.76 bits per heavy atom. The van der Waals surface area contributed by atoms with Crippen LogP contribution in [0.2, 0.25) is 0 Å². The lowest BCUT2D eigenvalue weighted by atomic mass is 10.1. The predicted molar refractivity (Wildman–Crippen MR) is 58.9 cm³/mol. The quantitative estimate of drug-likeness (QED) is 0.824. The fraction of sp³-hybridized carbons (Fsp3) is 0.273. The molecule has 0 atom stereocenters. The van der Waals surface area contributed by atoms with E-state index in [9.17, 15) is 13.2 Å². The third-order valence-electron chi connectivity index (χ3n) is 2.20. The molecule has 0 saturated heterocycles. The number of rotatable bonds is 2. The van der Waals surface area contributed by atoms with E-state index in [0.29, 0.717) is 6.42 Å². The average Bonchev–Trinajstić information content (AvgIpc) is 2.63. The van der Waals surface area contributed by atoms with Gasteiger partial charge in [-0.3, -0.25) is 0 Å². The summed E-state index contributed by atoms with van der Waals surface area (Å²) in [5.74, 6) is 0. The maximum atomic E-state index is 12.3. The Bertz CT molecular complexity index is 502. The molecule has 0 fully saturated rings. The molecule has 0 radical (unpaired) electrons. The number of nitrogens with zero attached hydrogens (tertiary/aromatic N) is 2. The van der Waals surface area contributed by atoms with Crippen LogP contribution < -0.4 is 0 Å². The fourth-order valence-electron chi connectivity index (χ4n) is 1.40. The molecule has 0 aliphatic heterocycles. The van der Waals surface area contributed by atoms with Crippen molar-refractivity contribution in [1.29, 1.82) is 0 Å². The fourth-order valence-corrected chi connectivity index (χ4v) is 2.14.